The van der Waals surface area contributed by atoms with Gasteiger partial charge >= 0.3 is 0 Å². The van der Waals surface area contributed by atoms with E-state index in [-0.39, 0.29) is 12.5 Å². The first kappa shape index (κ1) is 17.3. The normalized spacial score (nSPS) is 20.5. The van der Waals surface area contributed by atoms with Crippen molar-refractivity contribution in [3.63, 3.8) is 0 Å². The third-order valence-corrected chi connectivity index (χ3v) is 4.47. The Morgan fingerprint density at radius 1 is 1.40 bits per heavy atom. The molecule has 134 valence electrons. The second-order valence-electron chi connectivity index (χ2n) is 6.54. The molecule has 0 spiro atoms. The van der Waals surface area contributed by atoms with Gasteiger partial charge in [-0.15, -0.1) is 0 Å². The number of β-amino-alcohol motifs (C(OH)–C–C–N with tert-alkyl or cyclic N) is 1. The lowest BCUT2D eigenvalue weighted by atomic mass is 9.92. The summed E-state index contributed by atoms with van der Waals surface area (Å²) in [6.45, 7) is 4.14. The predicted octanol–water partition coefficient (Wildman–Crippen LogP) is 0.796. The molecule has 0 saturated carbocycles. The van der Waals surface area contributed by atoms with E-state index in [0.29, 0.717) is 31.0 Å². The lowest BCUT2D eigenvalue weighted by Gasteiger charge is -2.41. The molecule has 1 fully saturated rings. The van der Waals surface area contributed by atoms with Crippen molar-refractivity contribution in [2.45, 2.75) is 31.9 Å². The van der Waals surface area contributed by atoms with Gasteiger partial charge in [0.15, 0.2) is 0 Å². The maximum Gasteiger partial charge on any atom is 0.256 e. The van der Waals surface area contributed by atoms with Gasteiger partial charge in [-0.2, -0.15) is 5.10 Å². The Morgan fingerprint density at radius 2 is 2.16 bits per heavy atom. The molecule has 8 heteroatoms. The molecule has 1 aliphatic rings. The highest BCUT2D eigenvalue weighted by molar-refractivity contribution is 5.93. The van der Waals surface area contributed by atoms with Crippen molar-refractivity contribution in [3.8, 4) is 0 Å². The third-order valence-electron chi connectivity index (χ3n) is 4.47. The number of aliphatic hydroxyl groups is 1. The van der Waals surface area contributed by atoms with Crippen LogP contribution in [0.4, 0.5) is 5.95 Å². The van der Waals surface area contributed by atoms with Gasteiger partial charge in [0.25, 0.3) is 5.91 Å². The number of piperidine rings is 1. The van der Waals surface area contributed by atoms with Gasteiger partial charge in [0, 0.05) is 38.7 Å². The van der Waals surface area contributed by atoms with Crippen LogP contribution < -0.4 is 4.90 Å². The van der Waals surface area contributed by atoms with Crippen LogP contribution in [0.1, 0.15) is 30.1 Å². The van der Waals surface area contributed by atoms with E-state index in [4.69, 9.17) is 0 Å². The molecule has 1 unspecified atom stereocenters. The van der Waals surface area contributed by atoms with Crippen molar-refractivity contribution in [2.24, 2.45) is 0 Å². The maximum absolute atomic E-state index is 12.6. The minimum absolute atomic E-state index is 0.138. The topological polar surface area (TPSA) is 87.4 Å². The van der Waals surface area contributed by atoms with E-state index in [1.54, 1.807) is 47.5 Å². The minimum atomic E-state index is -0.984. The summed E-state index contributed by atoms with van der Waals surface area (Å²) in [7, 11) is 1.71. The average molecular weight is 344 g/mol. The molecule has 1 amide bonds. The lowest BCUT2D eigenvalue weighted by molar-refractivity contribution is -0.000299. The van der Waals surface area contributed by atoms with Gasteiger partial charge in [-0.3, -0.25) is 9.48 Å². The van der Waals surface area contributed by atoms with E-state index in [2.05, 4.69) is 15.1 Å². The number of carbonyl (C=O) groups is 1. The Kier molecular flexibility index (Phi) is 4.98. The molecular weight excluding hydrogens is 320 g/mol. The summed E-state index contributed by atoms with van der Waals surface area (Å²) < 4.78 is 1.71. The van der Waals surface area contributed by atoms with E-state index in [9.17, 15) is 9.90 Å². The minimum Gasteiger partial charge on any atom is -0.386 e. The Bertz CT molecular complexity index is 719. The van der Waals surface area contributed by atoms with E-state index in [1.165, 1.54) is 0 Å². The van der Waals surface area contributed by atoms with Crippen LogP contribution in [-0.2, 0) is 6.54 Å². The Hall–Kier alpha value is -2.48. The summed E-state index contributed by atoms with van der Waals surface area (Å²) in [5.41, 5.74) is -0.449. The van der Waals surface area contributed by atoms with Crippen LogP contribution in [0.15, 0.2) is 30.9 Å². The van der Waals surface area contributed by atoms with Crippen LogP contribution in [0, 0.1) is 0 Å². The van der Waals surface area contributed by atoms with Crippen molar-refractivity contribution < 1.29 is 9.90 Å². The van der Waals surface area contributed by atoms with Crippen LogP contribution in [-0.4, -0.2) is 67.9 Å². The quantitative estimate of drug-likeness (QED) is 0.863. The first-order chi connectivity index (χ1) is 12.0. The van der Waals surface area contributed by atoms with Gasteiger partial charge < -0.3 is 14.9 Å². The fourth-order valence-electron chi connectivity index (χ4n) is 3.25. The van der Waals surface area contributed by atoms with Crippen molar-refractivity contribution >= 4 is 11.9 Å². The molecule has 2 aromatic rings. The van der Waals surface area contributed by atoms with E-state index < -0.39 is 5.60 Å². The molecule has 3 rings (SSSR count). The third kappa shape index (κ3) is 3.96. The monoisotopic (exact) mass is 344 g/mol. The van der Waals surface area contributed by atoms with Gasteiger partial charge in [-0.25, -0.2) is 9.97 Å². The predicted molar refractivity (Wildman–Crippen MR) is 93.3 cm³/mol. The van der Waals surface area contributed by atoms with Gasteiger partial charge in [0.05, 0.1) is 30.5 Å². The summed E-state index contributed by atoms with van der Waals surface area (Å²) in [6.07, 6.45) is 8.14. The van der Waals surface area contributed by atoms with E-state index in [1.807, 2.05) is 11.8 Å². The molecule has 25 heavy (non-hydrogen) atoms. The van der Waals surface area contributed by atoms with E-state index >= 15 is 0 Å². The second kappa shape index (κ2) is 7.18. The largest absolute Gasteiger partial charge is 0.386 e. The van der Waals surface area contributed by atoms with Crippen molar-refractivity contribution in [2.75, 3.05) is 31.6 Å². The zero-order valence-electron chi connectivity index (χ0n) is 14.7. The lowest BCUT2D eigenvalue weighted by Crippen LogP contribution is -2.55. The molecule has 2 aromatic heterocycles. The van der Waals surface area contributed by atoms with Gasteiger partial charge in [0.2, 0.25) is 5.95 Å². The molecule has 0 bridgehead atoms. The summed E-state index contributed by atoms with van der Waals surface area (Å²) in [4.78, 5) is 24.6. The van der Waals surface area contributed by atoms with E-state index in [0.717, 1.165) is 13.0 Å². The molecule has 0 aliphatic carbocycles. The number of carbonyl (C=O) groups excluding carboxylic acids is 1. The van der Waals surface area contributed by atoms with Gasteiger partial charge in [0.1, 0.15) is 0 Å². The number of aryl methyl sites for hydroxylation is 1. The van der Waals surface area contributed by atoms with Crippen LogP contribution >= 0.6 is 0 Å². The molecule has 1 N–H and O–H groups in total. The molecule has 8 nitrogen and oxygen atoms in total. The Morgan fingerprint density at radius 3 is 2.84 bits per heavy atom. The standard InChI is InChI=1S/C17H24N6O2/c1-3-23-11-14(10-20-23)15(24)21(2)12-17(25)6-4-9-22(13-17)16-18-7-5-8-19-16/h5,7-8,10-11,25H,3-4,6,9,12-13H2,1-2H3. The number of hydrogen-bond acceptors (Lipinski definition) is 6. The second-order valence-corrected chi connectivity index (χ2v) is 6.54. The molecular formula is C17H24N6O2. The maximum atomic E-state index is 12.6. The average Bonchev–Trinajstić information content (AvgIpc) is 3.10. The number of amides is 1. The zero-order chi connectivity index (χ0) is 17.9. The van der Waals surface area contributed by atoms with Crippen molar-refractivity contribution in [3.05, 3.63) is 36.4 Å². The fraction of sp³-hybridized carbons (Fsp3) is 0.529. The van der Waals surface area contributed by atoms with Crippen LogP contribution in [0.5, 0.6) is 0 Å². The fourth-order valence-corrected chi connectivity index (χ4v) is 3.25. The number of anilines is 1. The molecule has 0 radical (unpaired) electrons. The highest BCUT2D eigenvalue weighted by atomic mass is 16.3. The van der Waals surface area contributed by atoms with Crippen molar-refractivity contribution in [1.29, 1.82) is 0 Å². The smallest absolute Gasteiger partial charge is 0.256 e. The van der Waals surface area contributed by atoms with Crippen LogP contribution in [0.25, 0.3) is 0 Å². The van der Waals surface area contributed by atoms with Gasteiger partial charge in [-0.1, -0.05) is 0 Å². The molecule has 0 aromatic carbocycles. The highest BCUT2D eigenvalue weighted by Crippen LogP contribution is 2.25. The number of nitrogens with zero attached hydrogens (tertiary/aromatic N) is 6. The SMILES string of the molecule is CCn1cc(C(=O)N(C)CC2(O)CCCN(c3ncccn3)C2)cn1. The Balaban J connectivity index is 1.66. The molecule has 3 heterocycles. The number of hydrogen-bond donors (Lipinski definition) is 1. The number of aromatic nitrogens is 4. The van der Waals surface area contributed by atoms with Gasteiger partial charge in [-0.05, 0) is 25.8 Å². The first-order valence-electron chi connectivity index (χ1n) is 8.53. The van der Waals surface area contributed by atoms with Crippen LogP contribution in [0.3, 0.4) is 0 Å². The Labute approximate surface area is 147 Å². The van der Waals surface area contributed by atoms with Crippen molar-refractivity contribution in [1.82, 2.24) is 24.6 Å². The zero-order valence-corrected chi connectivity index (χ0v) is 14.7. The molecule has 1 atom stereocenters. The molecule has 1 aliphatic heterocycles. The highest BCUT2D eigenvalue weighted by Gasteiger charge is 2.36. The number of likely N-dealkylation sites (N-methyl/N-ethyl adjacent to an activating group) is 1. The molecule has 1 saturated heterocycles. The summed E-state index contributed by atoms with van der Waals surface area (Å²) >= 11 is 0. The summed E-state index contributed by atoms with van der Waals surface area (Å²) in [5, 5.41) is 15.1. The summed E-state index contributed by atoms with van der Waals surface area (Å²) in [5.74, 6) is 0.472. The first-order valence-corrected chi connectivity index (χ1v) is 8.53. The summed E-state index contributed by atoms with van der Waals surface area (Å²) in [6, 6.07) is 1.77. The van der Waals surface area contributed by atoms with Crippen LogP contribution in [0.2, 0.25) is 0 Å². The number of rotatable bonds is 5.